The van der Waals surface area contributed by atoms with Crippen molar-refractivity contribution < 1.29 is 0 Å². The minimum absolute atomic E-state index is 0.663. The van der Waals surface area contributed by atoms with Gasteiger partial charge in [-0.3, -0.25) is 0 Å². The highest BCUT2D eigenvalue weighted by atomic mass is 32.2. The van der Waals surface area contributed by atoms with E-state index in [9.17, 15) is 0 Å². The summed E-state index contributed by atoms with van der Waals surface area (Å²) in [4.78, 5) is 1.26. The Bertz CT molecular complexity index is 355. The van der Waals surface area contributed by atoms with Crippen LogP contribution in [0.5, 0.6) is 0 Å². The first-order chi connectivity index (χ1) is 7.25. The molecule has 1 aromatic carbocycles. The van der Waals surface area contributed by atoms with Gasteiger partial charge in [0.15, 0.2) is 0 Å². The molecule has 0 radical (unpaired) electrons. The average molecular weight is 220 g/mol. The molecule has 2 N–H and O–H groups in total. The molecular formula is C12H16N2S. The zero-order chi connectivity index (χ0) is 11.1. The Morgan fingerprint density at radius 1 is 1.40 bits per heavy atom. The predicted molar refractivity (Wildman–Crippen MR) is 65.8 cm³/mol. The Kier molecular flexibility index (Phi) is 5.06. The number of hydrogen-bond donors (Lipinski definition) is 1. The van der Waals surface area contributed by atoms with Gasteiger partial charge in [-0.2, -0.15) is 5.26 Å². The quantitative estimate of drug-likeness (QED) is 0.470. The van der Waals surface area contributed by atoms with Gasteiger partial charge in [0, 0.05) is 17.0 Å². The SMILES string of the molecule is Cc1c(N)cccc1SCCCCC#N. The summed E-state index contributed by atoms with van der Waals surface area (Å²) in [6, 6.07) is 8.17. The lowest BCUT2D eigenvalue weighted by atomic mass is 10.2. The van der Waals surface area contributed by atoms with E-state index < -0.39 is 0 Å². The van der Waals surface area contributed by atoms with Gasteiger partial charge in [0.05, 0.1) is 6.07 Å². The van der Waals surface area contributed by atoms with E-state index in [-0.39, 0.29) is 0 Å². The van der Waals surface area contributed by atoms with Gasteiger partial charge in [0.2, 0.25) is 0 Å². The molecular weight excluding hydrogens is 204 g/mol. The second kappa shape index (κ2) is 6.36. The van der Waals surface area contributed by atoms with Crippen LogP contribution in [0.3, 0.4) is 0 Å². The third-order valence-corrected chi connectivity index (χ3v) is 3.51. The molecule has 0 aliphatic heterocycles. The summed E-state index contributed by atoms with van der Waals surface area (Å²) in [5.41, 5.74) is 7.84. The van der Waals surface area contributed by atoms with E-state index >= 15 is 0 Å². The number of thioether (sulfide) groups is 1. The van der Waals surface area contributed by atoms with Crippen LogP contribution in [0, 0.1) is 18.3 Å². The van der Waals surface area contributed by atoms with Crippen LogP contribution in [0.2, 0.25) is 0 Å². The number of nitrogens with two attached hydrogens (primary N) is 1. The van der Waals surface area contributed by atoms with Crippen molar-refractivity contribution in [3.63, 3.8) is 0 Å². The third kappa shape index (κ3) is 3.85. The molecule has 0 bridgehead atoms. The molecule has 15 heavy (non-hydrogen) atoms. The van der Waals surface area contributed by atoms with Crippen LogP contribution in [0.25, 0.3) is 0 Å². The monoisotopic (exact) mass is 220 g/mol. The predicted octanol–water partition coefficient (Wildman–Crippen LogP) is 3.36. The minimum atomic E-state index is 0.663. The van der Waals surface area contributed by atoms with Crippen molar-refractivity contribution in [1.29, 1.82) is 5.26 Å². The lowest BCUT2D eigenvalue weighted by Gasteiger charge is -2.07. The largest absolute Gasteiger partial charge is 0.398 e. The molecule has 0 heterocycles. The Morgan fingerprint density at radius 2 is 2.20 bits per heavy atom. The maximum absolute atomic E-state index is 8.39. The number of hydrogen-bond acceptors (Lipinski definition) is 3. The molecule has 1 rings (SSSR count). The van der Waals surface area contributed by atoms with Crippen molar-refractivity contribution >= 4 is 17.4 Å². The molecule has 0 fully saturated rings. The van der Waals surface area contributed by atoms with Crippen molar-refractivity contribution in [2.75, 3.05) is 11.5 Å². The van der Waals surface area contributed by atoms with Crippen molar-refractivity contribution in [3.8, 4) is 6.07 Å². The smallest absolute Gasteiger partial charge is 0.0621 e. The number of benzene rings is 1. The van der Waals surface area contributed by atoms with E-state index in [0.717, 1.165) is 24.3 Å². The second-order valence-corrected chi connectivity index (χ2v) is 4.57. The van der Waals surface area contributed by atoms with Gasteiger partial charge in [0.1, 0.15) is 0 Å². The van der Waals surface area contributed by atoms with Crippen LogP contribution in [0.1, 0.15) is 24.8 Å². The molecule has 0 amide bonds. The van der Waals surface area contributed by atoms with Gasteiger partial charge in [-0.1, -0.05) is 6.07 Å². The van der Waals surface area contributed by atoms with E-state index in [0.29, 0.717) is 6.42 Å². The van der Waals surface area contributed by atoms with Crippen LogP contribution in [0.4, 0.5) is 5.69 Å². The summed E-state index contributed by atoms with van der Waals surface area (Å²) in [5, 5.41) is 8.39. The third-order valence-electron chi connectivity index (χ3n) is 2.27. The fourth-order valence-electron chi connectivity index (χ4n) is 1.28. The van der Waals surface area contributed by atoms with E-state index in [4.69, 9.17) is 11.0 Å². The molecule has 3 heteroatoms. The summed E-state index contributed by atoms with van der Waals surface area (Å²) in [7, 11) is 0. The Balaban J connectivity index is 2.38. The molecule has 0 aliphatic rings. The summed E-state index contributed by atoms with van der Waals surface area (Å²) in [5.74, 6) is 1.06. The second-order valence-electron chi connectivity index (χ2n) is 3.43. The Labute approximate surface area is 95.5 Å². The molecule has 0 aliphatic carbocycles. The summed E-state index contributed by atoms with van der Waals surface area (Å²) in [6.45, 7) is 2.05. The molecule has 0 saturated carbocycles. The van der Waals surface area contributed by atoms with E-state index in [1.165, 1.54) is 10.5 Å². The summed E-state index contributed by atoms with van der Waals surface area (Å²) >= 11 is 1.82. The molecule has 2 nitrogen and oxygen atoms in total. The van der Waals surface area contributed by atoms with Crippen molar-refractivity contribution in [1.82, 2.24) is 0 Å². The number of nitrogens with zero attached hydrogens (tertiary/aromatic N) is 1. The number of unbranched alkanes of at least 4 members (excludes halogenated alkanes) is 2. The van der Waals surface area contributed by atoms with Gasteiger partial charge in [0.25, 0.3) is 0 Å². The van der Waals surface area contributed by atoms with Crippen molar-refractivity contribution in [2.24, 2.45) is 0 Å². The highest BCUT2D eigenvalue weighted by molar-refractivity contribution is 7.99. The number of anilines is 1. The van der Waals surface area contributed by atoms with Crippen molar-refractivity contribution in [3.05, 3.63) is 23.8 Å². The summed E-state index contributed by atoms with van der Waals surface area (Å²) < 4.78 is 0. The molecule has 1 aromatic rings. The maximum atomic E-state index is 8.39. The first-order valence-corrected chi connectivity index (χ1v) is 6.09. The number of rotatable bonds is 5. The number of nitrogen functional groups attached to an aromatic ring is 1. The lowest BCUT2D eigenvalue weighted by molar-refractivity contribution is 0.830. The normalized spacial score (nSPS) is 9.87. The minimum Gasteiger partial charge on any atom is -0.398 e. The highest BCUT2D eigenvalue weighted by Gasteiger charge is 2.01. The molecule has 80 valence electrons. The van der Waals surface area contributed by atoms with Crippen molar-refractivity contribution in [2.45, 2.75) is 31.1 Å². The van der Waals surface area contributed by atoms with Crippen LogP contribution >= 0.6 is 11.8 Å². The fourth-order valence-corrected chi connectivity index (χ4v) is 2.35. The van der Waals surface area contributed by atoms with Crippen LogP contribution in [0.15, 0.2) is 23.1 Å². The average Bonchev–Trinajstić information content (AvgIpc) is 2.24. The van der Waals surface area contributed by atoms with E-state index in [2.05, 4.69) is 12.1 Å². The van der Waals surface area contributed by atoms with Crippen LogP contribution in [-0.4, -0.2) is 5.75 Å². The van der Waals surface area contributed by atoms with Crippen LogP contribution < -0.4 is 5.73 Å². The molecule has 0 atom stereocenters. The topological polar surface area (TPSA) is 49.8 Å². The lowest BCUT2D eigenvalue weighted by Crippen LogP contribution is -1.91. The number of nitriles is 1. The molecule has 0 saturated heterocycles. The molecule has 0 aromatic heterocycles. The van der Waals surface area contributed by atoms with Crippen LogP contribution in [-0.2, 0) is 0 Å². The molecule has 0 unspecified atom stereocenters. The summed E-state index contributed by atoms with van der Waals surface area (Å²) in [6.07, 6.45) is 2.74. The standard InChI is InChI=1S/C12H16N2S/c1-10-11(14)6-5-7-12(10)15-9-4-2-3-8-13/h5-7H,2-4,9,14H2,1H3. The van der Waals surface area contributed by atoms with Gasteiger partial charge in [-0.05, 0) is 43.2 Å². The Hall–Kier alpha value is -1.14. The first-order valence-electron chi connectivity index (χ1n) is 5.10. The molecule has 0 spiro atoms. The highest BCUT2D eigenvalue weighted by Crippen LogP contribution is 2.26. The zero-order valence-corrected chi connectivity index (χ0v) is 9.81. The maximum Gasteiger partial charge on any atom is 0.0621 e. The van der Waals surface area contributed by atoms with Gasteiger partial charge in [-0.15, -0.1) is 11.8 Å². The fraction of sp³-hybridized carbons (Fsp3) is 0.417. The zero-order valence-electron chi connectivity index (χ0n) is 8.99. The van der Waals surface area contributed by atoms with E-state index in [1.807, 2.05) is 30.8 Å². The Morgan fingerprint density at radius 3 is 2.93 bits per heavy atom. The van der Waals surface area contributed by atoms with Gasteiger partial charge in [-0.25, -0.2) is 0 Å². The van der Waals surface area contributed by atoms with Gasteiger partial charge < -0.3 is 5.73 Å². The van der Waals surface area contributed by atoms with Gasteiger partial charge >= 0.3 is 0 Å². The van der Waals surface area contributed by atoms with E-state index in [1.54, 1.807) is 0 Å². The first kappa shape index (κ1) is 11.9.